The predicted octanol–water partition coefficient (Wildman–Crippen LogP) is 3.81. The summed E-state index contributed by atoms with van der Waals surface area (Å²) in [6, 6.07) is 9.69. The zero-order valence-electron chi connectivity index (χ0n) is 10.8. The lowest BCUT2D eigenvalue weighted by Crippen LogP contribution is -2.00. The van der Waals surface area contributed by atoms with Crippen LogP contribution in [0.2, 0.25) is 5.02 Å². The molecular formula is C14H13ClN2O3. The molecular weight excluding hydrogens is 280 g/mol. The second-order valence-electron chi connectivity index (χ2n) is 4.24. The maximum atomic E-state index is 10.8. The Morgan fingerprint density at radius 3 is 2.75 bits per heavy atom. The number of nitro benzene ring substituents is 1. The molecule has 0 heterocycles. The molecule has 0 unspecified atom stereocenters. The molecule has 0 saturated carbocycles. The Hall–Kier alpha value is -2.11. The molecule has 5 nitrogen and oxygen atoms in total. The SMILES string of the molecule is Cc1ccc([N+](=O)[O-])cc1Oc1c(Cl)cccc1CN. The van der Waals surface area contributed by atoms with Crippen molar-refractivity contribution in [1.82, 2.24) is 0 Å². The van der Waals surface area contributed by atoms with Crippen LogP contribution >= 0.6 is 11.6 Å². The van der Waals surface area contributed by atoms with Crippen molar-refractivity contribution in [2.75, 3.05) is 0 Å². The van der Waals surface area contributed by atoms with E-state index in [1.807, 2.05) is 0 Å². The molecule has 20 heavy (non-hydrogen) atoms. The Kier molecular flexibility index (Phi) is 4.22. The number of nitro groups is 1. The summed E-state index contributed by atoms with van der Waals surface area (Å²) in [5.74, 6) is 0.822. The van der Waals surface area contributed by atoms with E-state index in [4.69, 9.17) is 22.1 Å². The maximum Gasteiger partial charge on any atom is 0.273 e. The van der Waals surface area contributed by atoms with Gasteiger partial charge in [0.05, 0.1) is 16.0 Å². The largest absolute Gasteiger partial charge is 0.455 e. The number of para-hydroxylation sites is 1. The Labute approximate surface area is 121 Å². The summed E-state index contributed by atoms with van der Waals surface area (Å²) in [7, 11) is 0. The number of hydrogen-bond donors (Lipinski definition) is 1. The number of aryl methyl sites for hydroxylation is 1. The molecule has 0 bridgehead atoms. The molecule has 0 aliphatic carbocycles. The van der Waals surface area contributed by atoms with Gasteiger partial charge in [-0.25, -0.2) is 0 Å². The van der Waals surface area contributed by atoms with Crippen molar-refractivity contribution in [3.8, 4) is 11.5 Å². The van der Waals surface area contributed by atoms with E-state index in [1.54, 1.807) is 31.2 Å². The Balaban J connectivity index is 2.44. The summed E-state index contributed by atoms with van der Waals surface area (Å²) < 4.78 is 5.74. The third-order valence-electron chi connectivity index (χ3n) is 2.86. The van der Waals surface area contributed by atoms with Gasteiger partial charge < -0.3 is 10.5 Å². The molecule has 0 aromatic heterocycles. The molecule has 0 atom stereocenters. The summed E-state index contributed by atoms with van der Waals surface area (Å²) in [5, 5.41) is 11.2. The first-order valence-electron chi connectivity index (χ1n) is 5.93. The zero-order chi connectivity index (χ0) is 14.7. The minimum absolute atomic E-state index is 0.0352. The van der Waals surface area contributed by atoms with Gasteiger partial charge in [0.15, 0.2) is 5.75 Å². The van der Waals surface area contributed by atoms with Gasteiger partial charge in [-0.2, -0.15) is 0 Å². The van der Waals surface area contributed by atoms with Gasteiger partial charge in [0.2, 0.25) is 0 Å². The molecule has 2 aromatic carbocycles. The highest BCUT2D eigenvalue weighted by atomic mass is 35.5. The van der Waals surface area contributed by atoms with E-state index in [0.717, 1.165) is 11.1 Å². The second kappa shape index (κ2) is 5.90. The Morgan fingerprint density at radius 1 is 1.35 bits per heavy atom. The lowest BCUT2D eigenvalue weighted by molar-refractivity contribution is -0.384. The Morgan fingerprint density at radius 2 is 2.10 bits per heavy atom. The van der Waals surface area contributed by atoms with Crippen LogP contribution in [-0.2, 0) is 6.54 Å². The summed E-state index contributed by atoms with van der Waals surface area (Å²) in [6.07, 6.45) is 0. The van der Waals surface area contributed by atoms with Crippen molar-refractivity contribution in [2.24, 2.45) is 5.73 Å². The van der Waals surface area contributed by atoms with Crippen molar-refractivity contribution in [1.29, 1.82) is 0 Å². The predicted molar refractivity (Wildman–Crippen MR) is 77.3 cm³/mol. The quantitative estimate of drug-likeness (QED) is 0.686. The highest BCUT2D eigenvalue weighted by Gasteiger charge is 2.13. The van der Waals surface area contributed by atoms with E-state index < -0.39 is 4.92 Å². The molecule has 2 rings (SSSR count). The van der Waals surface area contributed by atoms with Crippen LogP contribution in [0.25, 0.3) is 0 Å². The number of non-ortho nitro benzene ring substituents is 1. The van der Waals surface area contributed by atoms with Gasteiger partial charge in [0, 0.05) is 18.2 Å². The summed E-state index contributed by atoms with van der Waals surface area (Å²) in [6.45, 7) is 2.07. The summed E-state index contributed by atoms with van der Waals surface area (Å²) >= 11 is 6.10. The first-order valence-corrected chi connectivity index (χ1v) is 6.31. The van der Waals surface area contributed by atoms with E-state index in [1.165, 1.54) is 12.1 Å². The van der Waals surface area contributed by atoms with Crippen LogP contribution in [0.15, 0.2) is 36.4 Å². The van der Waals surface area contributed by atoms with Crippen LogP contribution in [0, 0.1) is 17.0 Å². The van der Waals surface area contributed by atoms with Crippen LogP contribution < -0.4 is 10.5 Å². The molecule has 0 saturated heterocycles. The number of hydrogen-bond acceptors (Lipinski definition) is 4. The van der Waals surface area contributed by atoms with E-state index in [2.05, 4.69) is 0 Å². The molecule has 2 aromatic rings. The van der Waals surface area contributed by atoms with Crippen LogP contribution in [0.3, 0.4) is 0 Å². The zero-order valence-corrected chi connectivity index (χ0v) is 11.6. The molecule has 0 fully saturated rings. The summed E-state index contributed by atoms with van der Waals surface area (Å²) in [5.41, 5.74) is 7.12. The third-order valence-corrected chi connectivity index (χ3v) is 3.16. The maximum absolute atomic E-state index is 10.8. The standard InChI is InChI=1S/C14H13ClN2O3/c1-9-5-6-11(17(18)19)7-13(9)20-14-10(8-16)3-2-4-12(14)15/h2-7H,8,16H2,1H3. The summed E-state index contributed by atoms with van der Waals surface area (Å²) in [4.78, 5) is 10.3. The van der Waals surface area contributed by atoms with Crippen LogP contribution in [0.1, 0.15) is 11.1 Å². The van der Waals surface area contributed by atoms with Crippen LogP contribution in [-0.4, -0.2) is 4.92 Å². The molecule has 104 valence electrons. The van der Waals surface area contributed by atoms with Gasteiger partial charge in [-0.05, 0) is 24.6 Å². The van der Waals surface area contributed by atoms with Crippen molar-refractivity contribution in [3.05, 3.63) is 62.7 Å². The van der Waals surface area contributed by atoms with E-state index >= 15 is 0 Å². The minimum Gasteiger partial charge on any atom is -0.455 e. The molecule has 0 aliphatic rings. The normalized spacial score (nSPS) is 10.3. The van der Waals surface area contributed by atoms with Gasteiger partial charge in [0.25, 0.3) is 5.69 Å². The number of rotatable bonds is 4. The fourth-order valence-corrected chi connectivity index (χ4v) is 1.98. The molecule has 0 radical (unpaired) electrons. The van der Waals surface area contributed by atoms with Crippen LogP contribution in [0.5, 0.6) is 11.5 Å². The highest BCUT2D eigenvalue weighted by Crippen LogP contribution is 2.35. The van der Waals surface area contributed by atoms with Crippen molar-refractivity contribution >= 4 is 17.3 Å². The highest BCUT2D eigenvalue weighted by molar-refractivity contribution is 6.32. The molecule has 2 N–H and O–H groups in total. The van der Waals surface area contributed by atoms with Gasteiger partial charge >= 0.3 is 0 Å². The topological polar surface area (TPSA) is 78.4 Å². The number of nitrogens with zero attached hydrogens (tertiary/aromatic N) is 1. The molecule has 0 amide bonds. The van der Waals surface area contributed by atoms with Crippen molar-refractivity contribution in [2.45, 2.75) is 13.5 Å². The number of nitrogens with two attached hydrogens (primary N) is 1. The lowest BCUT2D eigenvalue weighted by atomic mass is 10.2. The van der Waals surface area contributed by atoms with Crippen molar-refractivity contribution in [3.63, 3.8) is 0 Å². The number of halogens is 1. The monoisotopic (exact) mass is 292 g/mol. The lowest BCUT2D eigenvalue weighted by Gasteiger charge is -2.13. The smallest absolute Gasteiger partial charge is 0.273 e. The number of benzene rings is 2. The molecule has 0 spiro atoms. The average Bonchev–Trinajstić information content (AvgIpc) is 2.42. The number of ether oxygens (including phenoxy) is 1. The first-order chi connectivity index (χ1) is 9.52. The van der Waals surface area contributed by atoms with Gasteiger partial charge in [-0.15, -0.1) is 0 Å². The Bertz CT molecular complexity index is 659. The first kappa shape index (κ1) is 14.3. The fraction of sp³-hybridized carbons (Fsp3) is 0.143. The van der Waals surface area contributed by atoms with Gasteiger partial charge in [0.1, 0.15) is 5.75 Å². The fourth-order valence-electron chi connectivity index (χ4n) is 1.75. The van der Waals surface area contributed by atoms with Gasteiger partial charge in [-0.3, -0.25) is 10.1 Å². The minimum atomic E-state index is -0.470. The molecule has 6 heteroatoms. The van der Waals surface area contributed by atoms with Crippen molar-refractivity contribution < 1.29 is 9.66 Å². The second-order valence-corrected chi connectivity index (χ2v) is 4.65. The van der Waals surface area contributed by atoms with Crippen LogP contribution in [0.4, 0.5) is 5.69 Å². The third kappa shape index (κ3) is 2.89. The van der Waals surface area contributed by atoms with E-state index in [0.29, 0.717) is 16.5 Å². The van der Waals surface area contributed by atoms with E-state index in [-0.39, 0.29) is 12.2 Å². The van der Waals surface area contributed by atoms with E-state index in [9.17, 15) is 10.1 Å². The van der Waals surface area contributed by atoms with Gasteiger partial charge in [-0.1, -0.05) is 23.7 Å². The molecule has 0 aliphatic heterocycles. The average molecular weight is 293 g/mol.